The van der Waals surface area contributed by atoms with Crippen molar-refractivity contribution in [2.45, 2.75) is 56.9 Å². The maximum atomic E-state index is 12.1. The molecule has 0 radical (unpaired) electrons. The molecule has 3 heterocycles. The number of aliphatic hydroxyl groups is 1. The van der Waals surface area contributed by atoms with Crippen molar-refractivity contribution in [2.75, 3.05) is 39.9 Å². The van der Waals surface area contributed by atoms with E-state index in [9.17, 15) is 9.90 Å². The summed E-state index contributed by atoms with van der Waals surface area (Å²) in [6.07, 6.45) is 7.23. The number of rotatable bonds is 4. The van der Waals surface area contributed by atoms with E-state index < -0.39 is 0 Å². The van der Waals surface area contributed by atoms with E-state index >= 15 is 0 Å². The quantitative estimate of drug-likeness (QED) is 0.791. The number of likely N-dealkylation sites (tertiary alicyclic amines) is 1. The fraction of sp³-hybridized carbons (Fsp3) is 0.654. The van der Waals surface area contributed by atoms with Gasteiger partial charge in [-0.15, -0.1) is 0 Å². The van der Waals surface area contributed by atoms with Crippen LogP contribution in [-0.2, 0) is 17.3 Å². The lowest BCUT2D eigenvalue weighted by atomic mass is 9.68. The highest BCUT2D eigenvalue weighted by Crippen LogP contribution is 2.50. The standard InChI is InChI=1S/C26H37N3O3/c1-18(31)28-12-10-26(11-13-28)17-29(15-19-6-4-5-7-19)23(16-30)25-24(26)21-9-8-20(32-3)14-22(21)27(25)2/h8-9,14,19,23,30H,4-7,10-13,15-17H2,1-3H3/t23-/m0/s1. The third-order valence-electron chi connectivity index (χ3n) is 8.55. The number of carbonyl (C=O) groups excluding carboxylic acids is 1. The van der Waals surface area contributed by atoms with E-state index in [0.29, 0.717) is 0 Å². The first-order valence-electron chi connectivity index (χ1n) is 12.2. The summed E-state index contributed by atoms with van der Waals surface area (Å²) in [6.45, 7) is 5.47. The summed E-state index contributed by atoms with van der Waals surface area (Å²) < 4.78 is 7.83. The van der Waals surface area contributed by atoms with Crippen LogP contribution in [0.2, 0.25) is 0 Å². The topological polar surface area (TPSA) is 57.9 Å². The number of piperidine rings is 1. The molecule has 6 heteroatoms. The maximum absolute atomic E-state index is 12.1. The Morgan fingerprint density at radius 2 is 1.94 bits per heavy atom. The van der Waals surface area contributed by atoms with Gasteiger partial charge in [-0.2, -0.15) is 0 Å². The number of amides is 1. The molecule has 1 amide bonds. The van der Waals surface area contributed by atoms with E-state index in [4.69, 9.17) is 4.74 Å². The average molecular weight is 440 g/mol. The van der Waals surface area contributed by atoms with E-state index in [0.717, 1.165) is 50.7 Å². The predicted molar refractivity (Wildman–Crippen MR) is 126 cm³/mol. The molecule has 2 aliphatic heterocycles. The summed E-state index contributed by atoms with van der Waals surface area (Å²) in [4.78, 5) is 16.6. The minimum absolute atomic E-state index is 0.0135. The van der Waals surface area contributed by atoms with Crippen molar-refractivity contribution in [1.82, 2.24) is 14.4 Å². The molecule has 0 unspecified atom stereocenters. The minimum Gasteiger partial charge on any atom is -0.497 e. The molecule has 1 atom stereocenters. The number of aromatic nitrogens is 1. The molecule has 1 saturated heterocycles. The van der Waals surface area contributed by atoms with Crippen LogP contribution >= 0.6 is 0 Å². The third-order valence-corrected chi connectivity index (χ3v) is 8.55. The maximum Gasteiger partial charge on any atom is 0.219 e. The van der Waals surface area contributed by atoms with Crippen molar-refractivity contribution < 1.29 is 14.6 Å². The highest BCUT2D eigenvalue weighted by Gasteiger charge is 2.48. The van der Waals surface area contributed by atoms with Crippen LogP contribution in [0, 0.1) is 5.92 Å². The molecule has 1 spiro atoms. The largest absolute Gasteiger partial charge is 0.497 e. The van der Waals surface area contributed by atoms with Gasteiger partial charge in [0.05, 0.1) is 25.3 Å². The van der Waals surface area contributed by atoms with Crippen LogP contribution in [0.3, 0.4) is 0 Å². The molecule has 174 valence electrons. The first-order chi connectivity index (χ1) is 15.5. The van der Waals surface area contributed by atoms with Crippen LogP contribution in [0.4, 0.5) is 0 Å². The van der Waals surface area contributed by atoms with Crippen LogP contribution in [0.25, 0.3) is 10.9 Å². The monoisotopic (exact) mass is 439 g/mol. The Bertz CT molecular complexity index is 999. The molecular weight excluding hydrogens is 402 g/mol. The van der Waals surface area contributed by atoms with Crippen LogP contribution in [0.15, 0.2) is 18.2 Å². The fourth-order valence-corrected chi connectivity index (χ4v) is 6.84. The smallest absolute Gasteiger partial charge is 0.219 e. The lowest BCUT2D eigenvalue weighted by Gasteiger charge is -2.51. The number of hydrogen-bond acceptors (Lipinski definition) is 4. The molecule has 3 aliphatic rings. The molecule has 1 aliphatic carbocycles. The number of fused-ring (bicyclic) bond motifs is 4. The number of hydrogen-bond donors (Lipinski definition) is 1. The number of benzene rings is 1. The molecule has 1 N–H and O–H groups in total. The van der Waals surface area contributed by atoms with Gasteiger partial charge in [-0.05, 0) is 49.3 Å². The Kier molecular flexibility index (Phi) is 5.70. The SMILES string of the molecule is COc1ccc2c3c(n(C)c2c1)[C@H](CO)N(CC1CCCC1)CC31CCN(C(C)=O)CC1. The van der Waals surface area contributed by atoms with E-state index in [1.165, 1.54) is 47.8 Å². The van der Waals surface area contributed by atoms with E-state index in [-0.39, 0.29) is 24.0 Å². The number of aryl methyl sites for hydroxylation is 1. The molecule has 1 saturated carbocycles. The van der Waals surface area contributed by atoms with Gasteiger partial charge in [0.15, 0.2) is 0 Å². The summed E-state index contributed by atoms with van der Waals surface area (Å²) in [5.41, 5.74) is 3.85. The van der Waals surface area contributed by atoms with Crippen LogP contribution in [-0.4, -0.2) is 65.3 Å². The van der Waals surface area contributed by atoms with E-state index in [1.54, 1.807) is 14.0 Å². The van der Waals surface area contributed by atoms with Crippen molar-refractivity contribution in [3.63, 3.8) is 0 Å². The van der Waals surface area contributed by atoms with Crippen LogP contribution in [0.1, 0.15) is 62.7 Å². The molecular formula is C26H37N3O3. The summed E-state index contributed by atoms with van der Waals surface area (Å²) in [5.74, 6) is 1.77. The van der Waals surface area contributed by atoms with Gasteiger partial charge < -0.3 is 19.3 Å². The second kappa shape index (κ2) is 8.38. The first-order valence-corrected chi connectivity index (χ1v) is 12.2. The summed E-state index contributed by atoms with van der Waals surface area (Å²) >= 11 is 0. The number of methoxy groups -OCH3 is 1. The number of carbonyl (C=O) groups is 1. The Morgan fingerprint density at radius 1 is 1.22 bits per heavy atom. The molecule has 2 fully saturated rings. The molecule has 2 aromatic rings. The van der Waals surface area contributed by atoms with Gasteiger partial charge in [0.2, 0.25) is 5.91 Å². The second-order valence-electron chi connectivity index (χ2n) is 10.3. The minimum atomic E-state index is 0.0135. The zero-order valence-electron chi connectivity index (χ0n) is 19.8. The first kappa shape index (κ1) is 21.8. The van der Waals surface area contributed by atoms with E-state index in [1.807, 2.05) is 4.90 Å². The Labute approximate surface area is 191 Å². The number of nitrogens with zero attached hydrogens (tertiary/aromatic N) is 3. The normalized spacial score (nSPS) is 23.8. The molecule has 1 aromatic carbocycles. The van der Waals surface area contributed by atoms with Gasteiger partial charge in [0.25, 0.3) is 0 Å². The molecule has 0 bridgehead atoms. The number of ether oxygens (including phenoxy) is 1. The van der Waals surface area contributed by atoms with Crippen LogP contribution in [0.5, 0.6) is 5.75 Å². The van der Waals surface area contributed by atoms with Crippen LogP contribution < -0.4 is 4.74 Å². The third kappa shape index (κ3) is 3.43. The molecule has 5 rings (SSSR count). The highest BCUT2D eigenvalue weighted by atomic mass is 16.5. The predicted octanol–water partition coefficient (Wildman–Crippen LogP) is 3.61. The Morgan fingerprint density at radius 3 is 2.56 bits per heavy atom. The Hall–Kier alpha value is -2.05. The second-order valence-corrected chi connectivity index (χ2v) is 10.3. The van der Waals surface area contributed by atoms with Gasteiger partial charge in [0.1, 0.15) is 5.75 Å². The van der Waals surface area contributed by atoms with Gasteiger partial charge in [-0.25, -0.2) is 0 Å². The van der Waals surface area contributed by atoms with Gasteiger partial charge in [-0.3, -0.25) is 9.69 Å². The van der Waals surface area contributed by atoms with Crippen molar-refractivity contribution in [2.24, 2.45) is 13.0 Å². The fourth-order valence-electron chi connectivity index (χ4n) is 6.84. The summed E-state index contributed by atoms with van der Waals surface area (Å²) in [7, 11) is 3.85. The summed E-state index contributed by atoms with van der Waals surface area (Å²) in [6, 6.07) is 6.40. The van der Waals surface area contributed by atoms with Crippen molar-refractivity contribution in [3.05, 3.63) is 29.5 Å². The number of aliphatic hydroxyl groups excluding tert-OH is 1. The van der Waals surface area contributed by atoms with Gasteiger partial charge in [-0.1, -0.05) is 12.8 Å². The van der Waals surface area contributed by atoms with Crippen molar-refractivity contribution in [1.29, 1.82) is 0 Å². The highest BCUT2D eigenvalue weighted by molar-refractivity contribution is 5.88. The summed E-state index contributed by atoms with van der Waals surface area (Å²) in [5, 5.41) is 11.9. The zero-order chi connectivity index (χ0) is 22.5. The molecule has 6 nitrogen and oxygen atoms in total. The average Bonchev–Trinajstić information content (AvgIpc) is 3.41. The Balaban J connectivity index is 1.64. The van der Waals surface area contributed by atoms with Crippen molar-refractivity contribution in [3.8, 4) is 5.75 Å². The van der Waals surface area contributed by atoms with Crippen molar-refractivity contribution >= 4 is 16.8 Å². The van der Waals surface area contributed by atoms with Gasteiger partial charge in [0, 0.05) is 62.7 Å². The zero-order valence-corrected chi connectivity index (χ0v) is 19.8. The molecule has 1 aromatic heterocycles. The lowest BCUT2D eigenvalue weighted by Crippen LogP contribution is -2.55. The van der Waals surface area contributed by atoms with E-state index in [2.05, 4.69) is 34.7 Å². The molecule has 32 heavy (non-hydrogen) atoms. The van der Waals surface area contributed by atoms with Gasteiger partial charge >= 0.3 is 0 Å². The lowest BCUT2D eigenvalue weighted by molar-refractivity contribution is -0.130.